The topological polar surface area (TPSA) is 86.3 Å². The van der Waals surface area contributed by atoms with Crippen molar-refractivity contribution in [3.8, 4) is 23.0 Å². The molecule has 1 aliphatic heterocycles. The van der Waals surface area contributed by atoms with Gasteiger partial charge in [0.05, 0.1) is 21.3 Å². The van der Waals surface area contributed by atoms with Gasteiger partial charge in [-0.3, -0.25) is 9.59 Å². The first-order valence-electron chi connectivity index (χ1n) is 9.18. The predicted molar refractivity (Wildman–Crippen MR) is 108 cm³/mol. The van der Waals surface area contributed by atoms with Crippen LogP contribution in [0, 0.1) is 0 Å². The van der Waals surface area contributed by atoms with Crippen molar-refractivity contribution < 1.29 is 28.5 Å². The Balaban J connectivity index is 1.59. The maximum atomic E-state index is 12.3. The summed E-state index contributed by atoms with van der Waals surface area (Å²) in [6.45, 7) is 0.564. The van der Waals surface area contributed by atoms with Gasteiger partial charge in [0.15, 0.2) is 18.1 Å². The molecular weight excluding hydrogens is 376 g/mol. The lowest BCUT2D eigenvalue weighted by atomic mass is 10.2. The summed E-state index contributed by atoms with van der Waals surface area (Å²) in [7, 11) is 4.52. The molecule has 0 unspecified atom stereocenters. The molecule has 0 aromatic heterocycles. The molecule has 1 heterocycles. The van der Waals surface area contributed by atoms with Gasteiger partial charge >= 0.3 is 0 Å². The van der Waals surface area contributed by atoms with E-state index in [1.165, 1.54) is 21.3 Å². The van der Waals surface area contributed by atoms with E-state index >= 15 is 0 Å². The molecule has 1 saturated heterocycles. The van der Waals surface area contributed by atoms with Gasteiger partial charge < -0.3 is 29.2 Å². The second-order valence-electron chi connectivity index (χ2n) is 6.39. The average Bonchev–Trinajstić information content (AvgIpc) is 3.17. The van der Waals surface area contributed by atoms with E-state index in [-0.39, 0.29) is 18.4 Å². The van der Waals surface area contributed by atoms with Gasteiger partial charge in [0.2, 0.25) is 11.7 Å². The van der Waals surface area contributed by atoms with Gasteiger partial charge in [-0.05, 0) is 30.7 Å². The Labute approximate surface area is 169 Å². The normalized spacial score (nSPS) is 13.2. The Morgan fingerprint density at radius 3 is 2.21 bits per heavy atom. The zero-order valence-corrected chi connectivity index (χ0v) is 16.7. The molecule has 0 atom stereocenters. The molecule has 2 amide bonds. The average molecular weight is 400 g/mol. The fourth-order valence-electron chi connectivity index (χ4n) is 3.14. The number of carbonyl (C=O) groups is 2. The van der Waals surface area contributed by atoms with E-state index in [1.54, 1.807) is 29.2 Å². The number of benzene rings is 2. The Bertz CT molecular complexity index is 856. The van der Waals surface area contributed by atoms with Crippen molar-refractivity contribution in [2.75, 3.05) is 44.7 Å². The van der Waals surface area contributed by atoms with Crippen LogP contribution in [-0.2, 0) is 9.59 Å². The first-order chi connectivity index (χ1) is 14.0. The summed E-state index contributed by atoms with van der Waals surface area (Å²) in [6.07, 6.45) is 1.46. The van der Waals surface area contributed by atoms with Crippen LogP contribution in [0.4, 0.5) is 11.4 Å². The minimum atomic E-state index is -0.335. The van der Waals surface area contributed by atoms with E-state index in [2.05, 4.69) is 5.32 Å². The molecule has 2 aromatic rings. The highest BCUT2D eigenvalue weighted by Crippen LogP contribution is 2.39. The number of anilines is 2. The van der Waals surface area contributed by atoms with Gasteiger partial charge in [-0.25, -0.2) is 0 Å². The summed E-state index contributed by atoms with van der Waals surface area (Å²) < 4.78 is 21.4. The van der Waals surface area contributed by atoms with E-state index in [1.807, 2.05) is 12.1 Å². The van der Waals surface area contributed by atoms with Gasteiger partial charge in [0.1, 0.15) is 5.75 Å². The van der Waals surface area contributed by atoms with Crippen molar-refractivity contribution >= 4 is 23.2 Å². The van der Waals surface area contributed by atoms with Gasteiger partial charge in [-0.1, -0.05) is 0 Å². The van der Waals surface area contributed by atoms with Gasteiger partial charge in [0.25, 0.3) is 5.91 Å². The third kappa shape index (κ3) is 4.71. The zero-order valence-electron chi connectivity index (χ0n) is 16.7. The minimum Gasteiger partial charge on any atom is -0.493 e. The van der Waals surface area contributed by atoms with Crippen molar-refractivity contribution in [2.45, 2.75) is 12.8 Å². The second kappa shape index (κ2) is 9.18. The van der Waals surface area contributed by atoms with Crippen LogP contribution in [0.3, 0.4) is 0 Å². The number of amides is 2. The number of hydrogen-bond acceptors (Lipinski definition) is 6. The lowest BCUT2D eigenvalue weighted by molar-refractivity contribution is -0.118. The maximum absolute atomic E-state index is 12.3. The Morgan fingerprint density at radius 1 is 1.03 bits per heavy atom. The van der Waals surface area contributed by atoms with Crippen LogP contribution in [-0.4, -0.2) is 46.3 Å². The number of carbonyl (C=O) groups excluding carboxylic acids is 2. The first-order valence-corrected chi connectivity index (χ1v) is 9.18. The van der Waals surface area contributed by atoms with Gasteiger partial charge in [-0.15, -0.1) is 0 Å². The van der Waals surface area contributed by atoms with Crippen LogP contribution in [0.15, 0.2) is 36.4 Å². The van der Waals surface area contributed by atoms with Crippen LogP contribution in [0.2, 0.25) is 0 Å². The van der Waals surface area contributed by atoms with Crippen LogP contribution in [0.1, 0.15) is 12.8 Å². The molecule has 29 heavy (non-hydrogen) atoms. The number of ether oxygens (including phenoxy) is 4. The van der Waals surface area contributed by atoms with Crippen molar-refractivity contribution in [3.05, 3.63) is 36.4 Å². The maximum Gasteiger partial charge on any atom is 0.262 e. The summed E-state index contributed by atoms with van der Waals surface area (Å²) in [5.41, 5.74) is 1.33. The SMILES string of the molecule is COc1cc(NC(=O)COc2ccc(N3CCCC3=O)cc2)cc(OC)c1OC. The lowest BCUT2D eigenvalue weighted by Crippen LogP contribution is -2.23. The molecule has 8 nitrogen and oxygen atoms in total. The zero-order chi connectivity index (χ0) is 20.8. The third-order valence-electron chi connectivity index (χ3n) is 4.54. The molecule has 2 aromatic carbocycles. The van der Waals surface area contributed by atoms with Crippen molar-refractivity contribution in [3.63, 3.8) is 0 Å². The smallest absolute Gasteiger partial charge is 0.262 e. The van der Waals surface area contributed by atoms with Gasteiger partial charge in [-0.2, -0.15) is 0 Å². The molecule has 3 rings (SSSR count). The highest BCUT2D eigenvalue weighted by molar-refractivity contribution is 5.95. The van der Waals surface area contributed by atoms with Crippen LogP contribution >= 0.6 is 0 Å². The molecule has 154 valence electrons. The molecule has 1 aliphatic rings. The van der Waals surface area contributed by atoms with E-state index in [0.29, 0.717) is 35.1 Å². The molecule has 0 aliphatic carbocycles. The fraction of sp³-hybridized carbons (Fsp3) is 0.333. The third-order valence-corrected chi connectivity index (χ3v) is 4.54. The van der Waals surface area contributed by atoms with Crippen LogP contribution < -0.4 is 29.2 Å². The quantitative estimate of drug-likeness (QED) is 0.733. The van der Waals surface area contributed by atoms with Gasteiger partial charge in [0, 0.05) is 36.5 Å². The lowest BCUT2D eigenvalue weighted by Gasteiger charge is -2.16. The highest BCUT2D eigenvalue weighted by Gasteiger charge is 2.21. The van der Waals surface area contributed by atoms with E-state index in [4.69, 9.17) is 18.9 Å². The molecule has 0 saturated carbocycles. The Morgan fingerprint density at radius 2 is 1.69 bits per heavy atom. The summed E-state index contributed by atoms with van der Waals surface area (Å²) in [6, 6.07) is 10.4. The number of rotatable bonds is 8. The molecule has 8 heteroatoms. The Kier molecular flexibility index (Phi) is 6.43. The minimum absolute atomic E-state index is 0.128. The molecular formula is C21H24N2O6. The highest BCUT2D eigenvalue weighted by atomic mass is 16.5. The fourth-order valence-corrected chi connectivity index (χ4v) is 3.14. The number of methoxy groups -OCH3 is 3. The van der Waals surface area contributed by atoms with E-state index in [9.17, 15) is 9.59 Å². The molecule has 0 bridgehead atoms. The number of hydrogen-bond donors (Lipinski definition) is 1. The Hall–Kier alpha value is -3.42. The molecule has 1 N–H and O–H groups in total. The molecule has 1 fully saturated rings. The standard InChI is InChI=1S/C21H24N2O6/c1-26-17-11-14(12-18(27-2)21(17)28-3)22-19(24)13-29-16-8-6-15(7-9-16)23-10-4-5-20(23)25/h6-9,11-12H,4-5,10,13H2,1-3H3,(H,22,24). The van der Waals surface area contributed by atoms with E-state index < -0.39 is 0 Å². The predicted octanol–water partition coefficient (Wildman–Crippen LogP) is 2.86. The van der Waals surface area contributed by atoms with Crippen LogP contribution in [0.25, 0.3) is 0 Å². The first kappa shape index (κ1) is 20.3. The summed E-state index contributed by atoms with van der Waals surface area (Å²) in [5, 5.41) is 2.74. The van der Waals surface area contributed by atoms with Crippen molar-refractivity contribution in [1.82, 2.24) is 0 Å². The van der Waals surface area contributed by atoms with E-state index in [0.717, 1.165) is 18.7 Å². The monoisotopic (exact) mass is 400 g/mol. The molecule has 0 radical (unpaired) electrons. The second-order valence-corrected chi connectivity index (χ2v) is 6.39. The number of nitrogens with zero attached hydrogens (tertiary/aromatic N) is 1. The largest absolute Gasteiger partial charge is 0.493 e. The molecule has 0 spiro atoms. The summed E-state index contributed by atoms with van der Waals surface area (Å²) in [4.78, 5) is 25.8. The summed E-state index contributed by atoms with van der Waals surface area (Å²) in [5.74, 6) is 1.66. The summed E-state index contributed by atoms with van der Waals surface area (Å²) >= 11 is 0. The van der Waals surface area contributed by atoms with Crippen LogP contribution in [0.5, 0.6) is 23.0 Å². The van der Waals surface area contributed by atoms with Crippen molar-refractivity contribution in [1.29, 1.82) is 0 Å². The van der Waals surface area contributed by atoms with Crippen molar-refractivity contribution in [2.24, 2.45) is 0 Å². The number of nitrogens with one attached hydrogen (secondary N) is 1.